The lowest BCUT2D eigenvalue weighted by Gasteiger charge is -2.19. The molecular formula is C51H34N2. The van der Waals surface area contributed by atoms with Crippen molar-refractivity contribution in [1.82, 2.24) is 9.55 Å². The first kappa shape index (κ1) is 30.8. The van der Waals surface area contributed by atoms with E-state index in [9.17, 15) is 0 Å². The molecule has 2 heteroatoms. The summed E-state index contributed by atoms with van der Waals surface area (Å²) in [6.45, 7) is 0. The molecule has 0 radical (unpaired) electrons. The molecule has 0 bridgehead atoms. The first-order chi connectivity index (χ1) is 26.3. The second-order valence-electron chi connectivity index (χ2n) is 13.5. The number of nitrogens with zero attached hydrogens (tertiary/aromatic N) is 2. The van der Waals surface area contributed by atoms with Gasteiger partial charge in [0.25, 0.3) is 0 Å². The predicted octanol–water partition coefficient (Wildman–Crippen LogP) is 13.7. The van der Waals surface area contributed by atoms with E-state index in [1.807, 2.05) is 6.07 Å². The molecule has 9 aromatic carbocycles. The van der Waals surface area contributed by atoms with Crippen LogP contribution in [-0.2, 0) is 0 Å². The van der Waals surface area contributed by atoms with E-state index in [4.69, 9.17) is 4.98 Å². The number of benzene rings is 9. The third-order valence-corrected chi connectivity index (χ3v) is 10.4. The Morgan fingerprint density at radius 1 is 0.302 bits per heavy atom. The number of hydrogen-bond acceptors (Lipinski definition) is 1. The summed E-state index contributed by atoms with van der Waals surface area (Å²) in [7, 11) is 0. The molecule has 248 valence electrons. The molecule has 0 aliphatic heterocycles. The Morgan fingerprint density at radius 3 is 1.38 bits per heavy atom. The van der Waals surface area contributed by atoms with Crippen molar-refractivity contribution in [3.05, 3.63) is 206 Å². The quantitative estimate of drug-likeness (QED) is 0.161. The van der Waals surface area contributed by atoms with Crippen molar-refractivity contribution in [3.63, 3.8) is 0 Å². The highest BCUT2D eigenvalue weighted by Gasteiger charge is 2.18. The molecule has 2 nitrogen and oxygen atoms in total. The molecule has 0 saturated carbocycles. The maximum absolute atomic E-state index is 5.22. The van der Waals surface area contributed by atoms with Gasteiger partial charge in [0, 0.05) is 11.3 Å². The summed E-state index contributed by atoms with van der Waals surface area (Å²) < 4.78 is 2.26. The average Bonchev–Trinajstić information content (AvgIpc) is 3.63. The van der Waals surface area contributed by atoms with Crippen LogP contribution in [-0.4, -0.2) is 9.55 Å². The van der Waals surface area contributed by atoms with Crippen LogP contribution < -0.4 is 0 Å². The predicted molar refractivity (Wildman–Crippen MR) is 223 cm³/mol. The van der Waals surface area contributed by atoms with Crippen LogP contribution in [0, 0.1) is 0 Å². The van der Waals surface area contributed by atoms with E-state index in [1.165, 1.54) is 54.9 Å². The number of rotatable bonds is 6. The summed E-state index contributed by atoms with van der Waals surface area (Å²) >= 11 is 0. The zero-order valence-corrected chi connectivity index (χ0v) is 29.0. The molecule has 1 heterocycles. The Hall–Kier alpha value is -7.03. The minimum atomic E-state index is 0.936. The Balaban J connectivity index is 1.14. The zero-order chi connectivity index (χ0) is 35.1. The van der Waals surface area contributed by atoms with Crippen LogP contribution >= 0.6 is 0 Å². The van der Waals surface area contributed by atoms with E-state index < -0.39 is 0 Å². The van der Waals surface area contributed by atoms with Gasteiger partial charge in [-0.1, -0.05) is 170 Å². The molecule has 0 unspecified atom stereocenters. The lowest BCUT2D eigenvalue weighted by Crippen LogP contribution is -1.97. The summed E-state index contributed by atoms with van der Waals surface area (Å²) in [6, 6.07) is 74.0. The smallest absolute Gasteiger partial charge is 0.145 e. The summed E-state index contributed by atoms with van der Waals surface area (Å²) in [4.78, 5) is 5.22. The number of aromatic nitrogens is 2. The van der Waals surface area contributed by atoms with Gasteiger partial charge in [-0.15, -0.1) is 0 Å². The first-order valence-corrected chi connectivity index (χ1v) is 18.1. The second-order valence-corrected chi connectivity index (χ2v) is 13.5. The third kappa shape index (κ3) is 5.40. The van der Waals surface area contributed by atoms with E-state index >= 15 is 0 Å². The molecule has 0 saturated heterocycles. The Bertz CT molecular complexity index is 2910. The van der Waals surface area contributed by atoms with Crippen LogP contribution in [0.4, 0.5) is 0 Å². The Kier molecular flexibility index (Phi) is 7.51. The van der Waals surface area contributed by atoms with Gasteiger partial charge in [0.15, 0.2) is 0 Å². The van der Waals surface area contributed by atoms with Crippen molar-refractivity contribution in [1.29, 1.82) is 0 Å². The van der Waals surface area contributed by atoms with Gasteiger partial charge in [0.2, 0.25) is 0 Å². The van der Waals surface area contributed by atoms with Crippen LogP contribution in [0.5, 0.6) is 0 Å². The van der Waals surface area contributed by atoms with Crippen molar-refractivity contribution in [3.8, 4) is 61.6 Å². The van der Waals surface area contributed by atoms with Crippen molar-refractivity contribution in [2.45, 2.75) is 0 Å². The number of para-hydroxylation sites is 1. The average molecular weight is 675 g/mol. The van der Waals surface area contributed by atoms with Gasteiger partial charge < -0.3 is 0 Å². The van der Waals surface area contributed by atoms with Gasteiger partial charge in [-0.25, -0.2) is 4.98 Å². The van der Waals surface area contributed by atoms with Crippen molar-refractivity contribution in [2.24, 2.45) is 0 Å². The second kappa shape index (κ2) is 12.9. The van der Waals surface area contributed by atoms with Crippen molar-refractivity contribution >= 4 is 32.6 Å². The van der Waals surface area contributed by atoms with E-state index in [1.54, 1.807) is 0 Å². The topological polar surface area (TPSA) is 17.8 Å². The van der Waals surface area contributed by atoms with Crippen LogP contribution in [0.3, 0.4) is 0 Å². The molecule has 10 rings (SSSR count). The van der Waals surface area contributed by atoms with Gasteiger partial charge in [-0.3, -0.25) is 4.57 Å². The minimum Gasteiger partial charge on any atom is -0.292 e. The standard InChI is InChI=1S/C51H34N2/c1-5-16-35(17-6-1)49-43-26-13-14-27-44(43)50(36-18-7-2-8-19-36)46-33-40(28-30-45(46)49)38-22-15-23-39(32-38)41-29-31-48-47(34-41)52-51(37-20-9-3-10-21-37)53(48)42-24-11-4-12-25-42/h1-34H. The maximum Gasteiger partial charge on any atom is 0.145 e. The van der Waals surface area contributed by atoms with E-state index in [2.05, 4.69) is 205 Å². The monoisotopic (exact) mass is 674 g/mol. The van der Waals surface area contributed by atoms with Crippen LogP contribution in [0.15, 0.2) is 206 Å². The molecule has 10 aromatic rings. The highest BCUT2D eigenvalue weighted by Crippen LogP contribution is 2.45. The van der Waals surface area contributed by atoms with Gasteiger partial charge in [-0.05, 0) is 102 Å². The van der Waals surface area contributed by atoms with E-state index in [0.29, 0.717) is 0 Å². The highest BCUT2D eigenvalue weighted by molar-refractivity contribution is 6.22. The normalized spacial score (nSPS) is 11.4. The largest absolute Gasteiger partial charge is 0.292 e. The summed E-state index contributed by atoms with van der Waals surface area (Å²) in [5, 5.41) is 5.02. The molecule has 0 spiro atoms. The highest BCUT2D eigenvalue weighted by atomic mass is 15.1. The fourth-order valence-corrected chi connectivity index (χ4v) is 7.95. The molecule has 0 atom stereocenters. The minimum absolute atomic E-state index is 0.936. The number of hydrogen-bond donors (Lipinski definition) is 0. The lowest BCUT2D eigenvalue weighted by atomic mass is 9.85. The SMILES string of the molecule is c1ccc(-c2c3ccccc3c(-c3ccccc3)c3cc(-c4cccc(-c5ccc6c(c5)nc(-c5ccccc5)n6-c5ccccc5)c4)ccc23)cc1. The van der Waals surface area contributed by atoms with E-state index in [-0.39, 0.29) is 0 Å². The molecule has 1 aromatic heterocycles. The van der Waals surface area contributed by atoms with Crippen LogP contribution in [0.2, 0.25) is 0 Å². The maximum atomic E-state index is 5.22. The van der Waals surface area contributed by atoms with Crippen LogP contribution in [0.25, 0.3) is 94.2 Å². The number of imidazole rings is 1. The zero-order valence-electron chi connectivity index (χ0n) is 29.0. The Labute approximate surface area is 308 Å². The molecule has 0 fully saturated rings. The van der Waals surface area contributed by atoms with E-state index in [0.717, 1.165) is 39.2 Å². The molecule has 0 amide bonds. The van der Waals surface area contributed by atoms with Gasteiger partial charge in [-0.2, -0.15) is 0 Å². The number of fused-ring (bicyclic) bond motifs is 3. The third-order valence-electron chi connectivity index (χ3n) is 10.4. The van der Waals surface area contributed by atoms with Gasteiger partial charge in [0.05, 0.1) is 11.0 Å². The first-order valence-electron chi connectivity index (χ1n) is 18.1. The molecule has 53 heavy (non-hydrogen) atoms. The van der Waals surface area contributed by atoms with Gasteiger partial charge in [0.1, 0.15) is 5.82 Å². The lowest BCUT2D eigenvalue weighted by molar-refractivity contribution is 1.10. The van der Waals surface area contributed by atoms with Crippen molar-refractivity contribution < 1.29 is 0 Å². The fraction of sp³-hybridized carbons (Fsp3) is 0. The Morgan fingerprint density at radius 2 is 0.755 bits per heavy atom. The van der Waals surface area contributed by atoms with Gasteiger partial charge >= 0.3 is 0 Å². The summed E-state index contributed by atoms with van der Waals surface area (Å²) in [6.07, 6.45) is 0. The summed E-state index contributed by atoms with van der Waals surface area (Å²) in [5.74, 6) is 0.936. The molecule has 0 N–H and O–H groups in total. The fourth-order valence-electron chi connectivity index (χ4n) is 7.95. The molecular weight excluding hydrogens is 641 g/mol. The van der Waals surface area contributed by atoms with Crippen LogP contribution in [0.1, 0.15) is 0 Å². The molecule has 0 aliphatic carbocycles. The van der Waals surface area contributed by atoms with Crippen molar-refractivity contribution in [2.75, 3.05) is 0 Å². The molecule has 0 aliphatic rings. The summed E-state index contributed by atoms with van der Waals surface area (Å²) in [5.41, 5.74) is 13.9.